The number of cyclic esters (lactones) is 1. The summed E-state index contributed by atoms with van der Waals surface area (Å²) in [6.07, 6.45) is -0.755. The summed E-state index contributed by atoms with van der Waals surface area (Å²) < 4.78 is 15.0. The van der Waals surface area contributed by atoms with Crippen LogP contribution in [0, 0.1) is 5.92 Å². The molecule has 0 aliphatic carbocycles. The normalized spacial score (nSPS) is 19.9. The number of rotatable bonds is 5. The van der Waals surface area contributed by atoms with Crippen LogP contribution in [0.5, 0.6) is 0 Å². The van der Waals surface area contributed by atoms with Gasteiger partial charge in [-0.1, -0.05) is 30.3 Å². The van der Waals surface area contributed by atoms with Crippen molar-refractivity contribution in [1.82, 2.24) is 5.32 Å². The van der Waals surface area contributed by atoms with E-state index in [1.807, 2.05) is 30.3 Å². The number of amides is 1. The van der Waals surface area contributed by atoms with Crippen LogP contribution in [0.15, 0.2) is 41.7 Å². The van der Waals surface area contributed by atoms with Crippen LogP contribution in [-0.4, -0.2) is 31.2 Å². The van der Waals surface area contributed by atoms with Gasteiger partial charge >= 0.3 is 18.0 Å². The van der Waals surface area contributed by atoms with Crippen LogP contribution in [0.1, 0.15) is 25.8 Å². The lowest BCUT2D eigenvalue weighted by Gasteiger charge is -2.31. The third-order valence-corrected chi connectivity index (χ3v) is 4.00. The molecule has 134 valence electrons. The predicted octanol–water partition coefficient (Wildman–Crippen LogP) is 2.31. The maximum absolute atomic E-state index is 12.1. The Morgan fingerprint density at radius 1 is 1.24 bits per heavy atom. The molecule has 1 aromatic carbocycles. The van der Waals surface area contributed by atoms with Gasteiger partial charge in [0.2, 0.25) is 0 Å². The topological polar surface area (TPSA) is 90.9 Å². The second-order valence-electron chi connectivity index (χ2n) is 5.73. The molecule has 25 heavy (non-hydrogen) atoms. The van der Waals surface area contributed by atoms with Gasteiger partial charge in [-0.05, 0) is 19.4 Å². The van der Waals surface area contributed by atoms with Gasteiger partial charge < -0.3 is 19.5 Å². The average Bonchev–Trinajstić information content (AvgIpc) is 2.61. The Balaban J connectivity index is 2.07. The molecule has 0 fully saturated rings. The summed E-state index contributed by atoms with van der Waals surface area (Å²) in [6.45, 7) is 3.30. The van der Waals surface area contributed by atoms with E-state index in [4.69, 9.17) is 9.47 Å². The Morgan fingerprint density at radius 2 is 1.92 bits per heavy atom. The molecular weight excluding hydrogens is 326 g/mol. The molecule has 0 saturated carbocycles. The molecular formula is C18H21NO6. The summed E-state index contributed by atoms with van der Waals surface area (Å²) in [6, 6.07) is 8.53. The van der Waals surface area contributed by atoms with Crippen molar-refractivity contribution in [2.24, 2.45) is 5.92 Å². The molecule has 0 aromatic heterocycles. The largest absolute Gasteiger partial charge is 0.469 e. The van der Waals surface area contributed by atoms with Gasteiger partial charge in [-0.2, -0.15) is 0 Å². The molecule has 2 atom stereocenters. The number of carbonyl (C=O) groups is 3. The first-order valence-electron chi connectivity index (χ1n) is 7.87. The van der Waals surface area contributed by atoms with E-state index >= 15 is 0 Å². The number of esters is 2. The minimum Gasteiger partial charge on any atom is -0.469 e. The van der Waals surface area contributed by atoms with Gasteiger partial charge in [-0.15, -0.1) is 0 Å². The molecule has 1 heterocycles. The van der Waals surface area contributed by atoms with Gasteiger partial charge in [0.25, 0.3) is 0 Å². The average molecular weight is 347 g/mol. The number of hydrogen-bond acceptors (Lipinski definition) is 6. The number of hydrogen-bond donors (Lipinski definition) is 1. The maximum Gasteiger partial charge on any atom is 0.407 e. The lowest BCUT2D eigenvalue weighted by Crippen LogP contribution is -2.47. The SMILES string of the molecule is COC(=O)CC1=C(C)OC(=O)[C@H](C)[C@H]1NC(=O)OCc1ccccc1. The van der Waals surface area contributed by atoms with Crippen molar-refractivity contribution < 1.29 is 28.6 Å². The van der Waals surface area contributed by atoms with E-state index in [2.05, 4.69) is 10.1 Å². The number of carbonyl (C=O) groups excluding carboxylic acids is 3. The van der Waals surface area contributed by atoms with Crippen LogP contribution in [0.3, 0.4) is 0 Å². The first-order valence-corrected chi connectivity index (χ1v) is 7.87. The van der Waals surface area contributed by atoms with Crippen LogP contribution in [0.25, 0.3) is 0 Å². The standard InChI is InChI=1S/C18H21NO6/c1-11-16(14(9-15(20)23-3)12(2)25-17(11)21)19-18(22)24-10-13-7-5-4-6-8-13/h4-8,11,16H,9-10H2,1-3H3,(H,19,22)/t11-,16-/m1/s1. The zero-order valence-corrected chi connectivity index (χ0v) is 14.4. The number of alkyl carbamates (subject to hydrolysis) is 1. The lowest BCUT2D eigenvalue weighted by atomic mass is 9.89. The molecule has 1 N–H and O–H groups in total. The first kappa shape index (κ1) is 18.5. The molecule has 0 spiro atoms. The molecule has 7 heteroatoms. The fraction of sp³-hybridized carbons (Fsp3) is 0.389. The highest BCUT2D eigenvalue weighted by molar-refractivity contribution is 5.81. The number of nitrogens with one attached hydrogen (secondary N) is 1. The second kappa shape index (κ2) is 8.32. The van der Waals surface area contributed by atoms with Crippen molar-refractivity contribution in [3.63, 3.8) is 0 Å². The molecule has 0 saturated heterocycles. The van der Waals surface area contributed by atoms with Gasteiger partial charge in [-0.25, -0.2) is 4.79 Å². The molecule has 0 bridgehead atoms. The first-order chi connectivity index (χ1) is 11.9. The molecule has 2 rings (SSSR count). The smallest absolute Gasteiger partial charge is 0.407 e. The summed E-state index contributed by atoms with van der Waals surface area (Å²) in [4.78, 5) is 35.6. The van der Waals surface area contributed by atoms with Crippen molar-refractivity contribution in [3.8, 4) is 0 Å². The Morgan fingerprint density at radius 3 is 2.56 bits per heavy atom. The monoisotopic (exact) mass is 347 g/mol. The van der Waals surface area contributed by atoms with E-state index < -0.39 is 30.0 Å². The van der Waals surface area contributed by atoms with Gasteiger partial charge in [0.15, 0.2) is 0 Å². The minimum absolute atomic E-state index is 0.0798. The van der Waals surface area contributed by atoms with E-state index in [9.17, 15) is 14.4 Å². The predicted molar refractivity (Wildman–Crippen MR) is 88.1 cm³/mol. The number of benzene rings is 1. The number of methoxy groups -OCH3 is 1. The van der Waals surface area contributed by atoms with E-state index in [0.29, 0.717) is 11.3 Å². The summed E-state index contributed by atoms with van der Waals surface area (Å²) in [5.41, 5.74) is 1.34. The van der Waals surface area contributed by atoms with E-state index in [-0.39, 0.29) is 13.0 Å². The second-order valence-corrected chi connectivity index (χ2v) is 5.73. The van der Waals surface area contributed by atoms with Gasteiger partial charge in [0, 0.05) is 5.57 Å². The van der Waals surface area contributed by atoms with Crippen LogP contribution in [0.2, 0.25) is 0 Å². The Hall–Kier alpha value is -2.83. The quantitative estimate of drug-likeness (QED) is 0.649. The molecule has 7 nitrogen and oxygen atoms in total. The summed E-state index contributed by atoms with van der Waals surface area (Å²) in [5.74, 6) is -1.31. The summed E-state index contributed by atoms with van der Waals surface area (Å²) in [7, 11) is 1.27. The van der Waals surface area contributed by atoms with Crippen molar-refractivity contribution in [3.05, 3.63) is 47.2 Å². The molecule has 1 amide bonds. The van der Waals surface area contributed by atoms with Crippen LogP contribution < -0.4 is 5.32 Å². The van der Waals surface area contributed by atoms with Crippen molar-refractivity contribution in [2.45, 2.75) is 32.9 Å². The van der Waals surface area contributed by atoms with Crippen molar-refractivity contribution in [2.75, 3.05) is 7.11 Å². The van der Waals surface area contributed by atoms with Gasteiger partial charge in [-0.3, -0.25) is 9.59 Å². The van der Waals surface area contributed by atoms with Crippen LogP contribution in [-0.2, 0) is 30.4 Å². The van der Waals surface area contributed by atoms with Crippen molar-refractivity contribution >= 4 is 18.0 Å². The molecule has 1 aromatic rings. The van der Waals surface area contributed by atoms with E-state index in [1.165, 1.54) is 7.11 Å². The third-order valence-electron chi connectivity index (χ3n) is 4.00. The van der Waals surface area contributed by atoms with Crippen molar-refractivity contribution in [1.29, 1.82) is 0 Å². The lowest BCUT2D eigenvalue weighted by molar-refractivity contribution is -0.147. The summed E-state index contributed by atoms with van der Waals surface area (Å²) >= 11 is 0. The van der Waals surface area contributed by atoms with Crippen LogP contribution in [0.4, 0.5) is 4.79 Å². The van der Waals surface area contributed by atoms with E-state index in [1.54, 1.807) is 13.8 Å². The van der Waals surface area contributed by atoms with E-state index in [0.717, 1.165) is 5.56 Å². The highest BCUT2D eigenvalue weighted by Crippen LogP contribution is 2.28. The molecule has 1 aliphatic heterocycles. The molecule has 0 unspecified atom stereocenters. The molecule has 1 aliphatic rings. The summed E-state index contributed by atoms with van der Waals surface area (Å²) in [5, 5.41) is 2.65. The Kier molecular flexibility index (Phi) is 6.16. The highest BCUT2D eigenvalue weighted by atomic mass is 16.6. The maximum atomic E-state index is 12.1. The van der Waals surface area contributed by atoms with Gasteiger partial charge in [0.1, 0.15) is 12.4 Å². The Bertz CT molecular complexity index is 682. The van der Waals surface area contributed by atoms with Crippen LogP contribution >= 0.6 is 0 Å². The van der Waals surface area contributed by atoms with Gasteiger partial charge in [0.05, 0.1) is 25.5 Å². The third kappa shape index (κ3) is 4.82. The fourth-order valence-electron chi connectivity index (χ4n) is 2.53. The molecule has 0 radical (unpaired) electrons. The Labute approximate surface area is 145 Å². The minimum atomic E-state index is -0.691. The number of ether oxygens (including phenoxy) is 3. The zero-order chi connectivity index (χ0) is 18.4. The highest BCUT2D eigenvalue weighted by Gasteiger charge is 2.37. The fourth-order valence-corrected chi connectivity index (χ4v) is 2.53. The number of allylic oxidation sites excluding steroid dienone is 1. The zero-order valence-electron chi connectivity index (χ0n) is 14.4.